The van der Waals surface area contributed by atoms with E-state index in [-0.39, 0.29) is 0 Å². The van der Waals surface area contributed by atoms with Crippen molar-refractivity contribution in [3.8, 4) is 11.5 Å². The third kappa shape index (κ3) is 3.06. The minimum absolute atomic E-state index is 0.478. The number of hydrogen-bond donors (Lipinski definition) is 0. The van der Waals surface area contributed by atoms with Crippen molar-refractivity contribution in [3.63, 3.8) is 0 Å². The molecule has 0 aliphatic heterocycles. The molecule has 0 aliphatic rings. The van der Waals surface area contributed by atoms with Crippen LogP contribution in [0.2, 0.25) is 0 Å². The molecule has 0 saturated carbocycles. The Morgan fingerprint density at radius 1 is 1.15 bits per heavy atom. The van der Waals surface area contributed by atoms with Crippen molar-refractivity contribution >= 4 is 11.0 Å². The van der Waals surface area contributed by atoms with Gasteiger partial charge in [0.2, 0.25) is 5.95 Å². The summed E-state index contributed by atoms with van der Waals surface area (Å²) in [7, 11) is 1.67. The average molecular weight is 352 g/mol. The topological polar surface area (TPSA) is 70.7 Å². The maximum absolute atomic E-state index is 13.5. The Morgan fingerprint density at radius 2 is 2.08 bits per heavy atom. The Labute approximate surface area is 149 Å². The van der Waals surface area contributed by atoms with Crippen LogP contribution in [0.1, 0.15) is 5.82 Å². The highest BCUT2D eigenvalue weighted by atomic mass is 19.1. The van der Waals surface area contributed by atoms with Crippen LogP contribution < -0.4 is 0 Å². The van der Waals surface area contributed by atoms with E-state index < -0.39 is 5.95 Å². The molecule has 132 valence electrons. The number of fused-ring (bicyclic) bond motifs is 1. The summed E-state index contributed by atoms with van der Waals surface area (Å²) in [6.07, 6.45) is 6.99. The molecule has 0 amide bonds. The van der Waals surface area contributed by atoms with Crippen LogP contribution in [0.25, 0.3) is 22.6 Å². The minimum atomic E-state index is -0.532. The highest BCUT2D eigenvalue weighted by molar-refractivity contribution is 5.74. The summed E-state index contributed by atoms with van der Waals surface area (Å²) < 4.78 is 22.7. The van der Waals surface area contributed by atoms with Crippen LogP contribution in [0.5, 0.6) is 0 Å². The van der Waals surface area contributed by atoms with E-state index in [2.05, 4.69) is 19.5 Å². The van der Waals surface area contributed by atoms with Crippen molar-refractivity contribution < 1.29 is 9.13 Å². The second-order valence-corrected chi connectivity index (χ2v) is 5.76. The van der Waals surface area contributed by atoms with Gasteiger partial charge in [-0.15, -0.1) is 0 Å². The third-order valence-corrected chi connectivity index (χ3v) is 4.12. The summed E-state index contributed by atoms with van der Waals surface area (Å²) >= 11 is 0. The number of methoxy groups -OCH3 is 1. The maximum Gasteiger partial charge on any atom is 0.213 e. The van der Waals surface area contributed by atoms with Crippen molar-refractivity contribution in [1.82, 2.24) is 29.1 Å². The van der Waals surface area contributed by atoms with Crippen LogP contribution in [0.4, 0.5) is 4.39 Å². The van der Waals surface area contributed by atoms with Crippen LogP contribution in [-0.2, 0) is 17.8 Å². The van der Waals surface area contributed by atoms with E-state index >= 15 is 0 Å². The molecule has 4 aromatic heterocycles. The lowest BCUT2D eigenvalue weighted by atomic mass is 10.3. The summed E-state index contributed by atoms with van der Waals surface area (Å²) in [5.41, 5.74) is 2.30. The molecular weight excluding hydrogens is 335 g/mol. The van der Waals surface area contributed by atoms with Crippen molar-refractivity contribution in [2.45, 2.75) is 13.1 Å². The SMILES string of the molecule is COCCn1c(Cn2ccnc2-c2cccc(F)n2)nc2cnccc21. The minimum Gasteiger partial charge on any atom is -0.383 e. The highest BCUT2D eigenvalue weighted by Crippen LogP contribution is 2.19. The normalized spacial score (nSPS) is 11.3. The number of pyridine rings is 2. The zero-order valence-corrected chi connectivity index (χ0v) is 14.2. The molecule has 26 heavy (non-hydrogen) atoms. The molecule has 4 rings (SSSR count). The molecule has 0 aromatic carbocycles. The first-order valence-electron chi connectivity index (χ1n) is 8.18. The molecule has 0 unspecified atom stereocenters. The fraction of sp³-hybridized carbons (Fsp3) is 0.222. The van der Waals surface area contributed by atoms with Gasteiger partial charge in [0, 0.05) is 32.2 Å². The van der Waals surface area contributed by atoms with Gasteiger partial charge in [-0.1, -0.05) is 6.07 Å². The number of aromatic nitrogens is 6. The maximum atomic E-state index is 13.5. The molecule has 0 N–H and O–H groups in total. The lowest BCUT2D eigenvalue weighted by Crippen LogP contribution is -2.12. The Bertz CT molecular complexity index is 1040. The average Bonchev–Trinajstić information content (AvgIpc) is 3.24. The van der Waals surface area contributed by atoms with Crippen molar-refractivity contribution in [1.29, 1.82) is 0 Å². The van der Waals surface area contributed by atoms with Gasteiger partial charge in [0.25, 0.3) is 0 Å². The van der Waals surface area contributed by atoms with Crippen molar-refractivity contribution in [2.75, 3.05) is 13.7 Å². The molecule has 7 nitrogen and oxygen atoms in total. The van der Waals surface area contributed by atoms with Crippen LogP contribution >= 0.6 is 0 Å². The van der Waals surface area contributed by atoms with Gasteiger partial charge in [0.1, 0.15) is 17.0 Å². The van der Waals surface area contributed by atoms with E-state index in [1.165, 1.54) is 6.07 Å². The van der Waals surface area contributed by atoms with Crippen LogP contribution in [0, 0.1) is 5.95 Å². The first-order chi connectivity index (χ1) is 12.8. The Kier molecular flexibility index (Phi) is 4.40. The summed E-state index contributed by atoms with van der Waals surface area (Å²) in [5.74, 6) is 0.907. The monoisotopic (exact) mass is 352 g/mol. The predicted octanol–water partition coefficient (Wildman–Crippen LogP) is 2.52. The van der Waals surface area contributed by atoms with Gasteiger partial charge in [0.15, 0.2) is 5.82 Å². The van der Waals surface area contributed by atoms with E-state index in [4.69, 9.17) is 9.72 Å². The largest absolute Gasteiger partial charge is 0.383 e. The number of nitrogens with zero attached hydrogens (tertiary/aromatic N) is 6. The van der Waals surface area contributed by atoms with E-state index in [1.54, 1.807) is 37.8 Å². The van der Waals surface area contributed by atoms with Gasteiger partial charge < -0.3 is 13.9 Å². The fourth-order valence-corrected chi connectivity index (χ4v) is 2.94. The van der Waals surface area contributed by atoms with Crippen LogP contribution in [0.15, 0.2) is 49.1 Å². The first-order valence-corrected chi connectivity index (χ1v) is 8.18. The molecule has 0 spiro atoms. The van der Waals surface area contributed by atoms with Crippen molar-refractivity contribution in [2.24, 2.45) is 0 Å². The van der Waals surface area contributed by atoms with Crippen LogP contribution in [-0.4, -0.2) is 42.8 Å². The summed E-state index contributed by atoms with van der Waals surface area (Å²) in [6.45, 7) is 1.73. The molecule has 0 fully saturated rings. The Hall–Kier alpha value is -3.13. The quantitative estimate of drug-likeness (QED) is 0.499. The number of imidazole rings is 2. The van der Waals surface area contributed by atoms with Crippen molar-refractivity contribution in [3.05, 3.63) is 60.8 Å². The van der Waals surface area contributed by atoms with Gasteiger partial charge in [-0.25, -0.2) is 15.0 Å². The fourth-order valence-electron chi connectivity index (χ4n) is 2.94. The Balaban J connectivity index is 1.73. The molecule has 0 aliphatic carbocycles. The molecular formula is C18H17FN6O. The van der Waals surface area contributed by atoms with Crippen LogP contribution in [0.3, 0.4) is 0 Å². The summed E-state index contributed by atoms with van der Waals surface area (Å²) in [4.78, 5) is 17.1. The van der Waals surface area contributed by atoms with E-state index in [1.807, 2.05) is 16.8 Å². The Morgan fingerprint density at radius 3 is 2.92 bits per heavy atom. The number of hydrogen-bond acceptors (Lipinski definition) is 5. The molecule has 4 aromatic rings. The second-order valence-electron chi connectivity index (χ2n) is 5.76. The zero-order valence-electron chi connectivity index (χ0n) is 14.2. The van der Waals surface area contributed by atoms with E-state index in [0.717, 1.165) is 16.9 Å². The number of halogens is 1. The smallest absolute Gasteiger partial charge is 0.213 e. The van der Waals surface area contributed by atoms with Gasteiger partial charge >= 0.3 is 0 Å². The summed E-state index contributed by atoms with van der Waals surface area (Å²) in [5, 5.41) is 0. The van der Waals surface area contributed by atoms with Gasteiger partial charge in [-0.3, -0.25) is 4.98 Å². The molecule has 4 heterocycles. The summed E-state index contributed by atoms with van der Waals surface area (Å²) in [6, 6.07) is 6.61. The third-order valence-electron chi connectivity index (χ3n) is 4.12. The van der Waals surface area contributed by atoms with Gasteiger partial charge in [-0.05, 0) is 18.2 Å². The lowest BCUT2D eigenvalue weighted by molar-refractivity contribution is 0.187. The standard InChI is InChI=1S/C18H17FN6O/c1-26-10-9-25-15-5-6-20-11-14(15)23-17(25)12-24-8-7-21-18(24)13-3-2-4-16(19)22-13/h2-8,11H,9-10,12H2,1H3. The number of rotatable bonds is 6. The molecule has 0 bridgehead atoms. The zero-order chi connectivity index (χ0) is 17.9. The van der Waals surface area contributed by atoms with Gasteiger partial charge in [0.05, 0.1) is 24.9 Å². The predicted molar refractivity (Wildman–Crippen MR) is 93.9 cm³/mol. The highest BCUT2D eigenvalue weighted by Gasteiger charge is 2.14. The van der Waals surface area contributed by atoms with E-state index in [9.17, 15) is 4.39 Å². The van der Waals surface area contributed by atoms with E-state index in [0.29, 0.717) is 31.2 Å². The number of ether oxygens (including phenoxy) is 1. The molecule has 0 atom stereocenters. The first kappa shape index (κ1) is 16.3. The molecule has 0 saturated heterocycles. The second kappa shape index (κ2) is 7.01. The lowest BCUT2D eigenvalue weighted by Gasteiger charge is -2.11. The molecule has 0 radical (unpaired) electrons. The van der Waals surface area contributed by atoms with Gasteiger partial charge in [-0.2, -0.15) is 4.39 Å². The molecule has 8 heteroatoms.